The van der Waals surface area contributed by atoms with Crippen LogP contribution in [-0.4, -0.2) is 37.2 Å². The summed E-state index contributed by atoms with van der Waals surface area (Å²) in [7, 11) is 0. The van der Waals surface area contributed by atoms with Crippen LogP contribution in [0.15, 0.2) is 54.6 Å². The largest absolute Gasteiger partial charge is 0.492 e. The Morgan fingerprint density at radius 2 is 1.77 bits per heavy atom. The molecule has 1 saturated heterocycles. The third kappa shape index (κ3) is 5.67. The van der Waals surface area contributed by atoms with E-state index in [-0.39, 0.29) is 6.03 Å². The number of hydrogen-bond donors (Lipinski definition) is 1. The van der Waals surface area contributed by atoms with Crippen molar-refractivity contribution in [1.29, 1.82) is 0 Å². The number of piperidine rings is 1. The smallest absolute Gasteiger partial charge is 0.317 e. The summed E-state index contributed by atoms with van der Waals surface area (Å²) in [5, 5.41) is 3.62. The third-order valence-corrected chi connectivity index (χ3v) is 4.98. The highest BCUT2D eigenvalue weighted by molar-refractivity contribution is 6.30. The fourth-order valence-corrected chi connectivity index (χ4v) is 3.38. The molecule has 26 heavy (non-hydrogen) atoms. The highest BCUT2D eigenvalue weighted by Crippen LogP contribution is 2.21. The second-order valence-corrected chi connectivity index (χ2v) is 7.09. The SMILES string of the molecule is O=C(NCCOc1ccc(Cl)cc1)N1CCC(Cc2ccccc2)CC1. The standard InChI is InChI=1S/C21H25ClN2O2/c22-19-6-8-20(9-7-19)26-15-12-23-21(25)24-13-10-18(11-14-24)16-17-4-2-1-3-5-17/h1-9,18H,10-16H2,(H,23,25). The van der Waals surface area contributed by atoms with Crippen molar-refractivity contribution in [3.05, 3.63) is 65.2 Å². The molecule has 0 saturated carbocycles. The zero-order valence-electron chi connectivity index (χ0n) is 14.9. The Morgan fingerprint density at radius 3 is 2.46 bits per heavy atom. The fourth-order valence-electron chi connectivity index (χ4n) is 3.26. The average Bonchev–Trinajstić information content (AvgIpc) is 2.68. The summed E-state index contributed by atoms with van der Waals surface area (Å²) in [6, 6.07) is 17.8. The minimum absolute atomic E-state index is 0.00265. The summed E-state index contributed by atoms with van der Waals surface area (Å²) in [6.07, 6.45) is 3.22. The Morgan fingerprint density at radius 1 is 1.08 bits per heavy atom. The third-order valence-electron chi connectivity index (χ3n) is 4.73. The van der Waals surface area contributed by atoms with Crippen molar-refractivity contribution in [2.75, 3.05) is 26.2 Å². The number of likely N-dealkylation sites (tertiary alicyclic amines) is 1. The molecule has 0 bridgehead atoms. The number of rotatable bonds is 6. The van der Waals surface area contributed by atoms with Crippen LogP contribution in [0.25, 0.3) is 0 Å². The van der Waals surface area contributed by atoms with Crippen molar-refractivity contribution < 1.29 is 9.53 Å². The van der Waals surface area contributed by atoms with Crippen LogP contribution in [0.2, 0.25) is 5.02 Å². The van der Waals surface area contributed by atoms with Gasteiger partial charge in [0.15, 0.2) is 0 Å². The van der Waals surface area contributed by atoms with E-state index in [1.165, 1.54) is 5.56 Å². The van der Waals surface area contributed by atoms with Crippen LogP contribution < -0.4 is 10.1 Å². The van der Waals surface area contributed by atoms with Gasteiger partial charge in [0, 0.05) is 18.1 Å². The van der Waals surface area contributed by atoms with Gasteiger partial charge in [0.05, 0.1) is 6.54 Å². The average molecular weight is 373 g/mol. The Labute approximate surface area is 160 Å². The zero-order chi connectivity index (χ0) is 18.2. The number of ether oxygens (including phenoxy) is 1. The van der Waals surface area contributed by atoms with Crippen molar-refractivity contribution in [1.82, 2.24) is 10.2 Å². The monoisotopic (exact) mass is 372 g/mol. The van der Waals surface area contributed by atoms with E-state index in [0.29, 0.717) is 24.1 Å². The number of nitrogens with zero attached hydrogens (tertiary/aromatic N) is 1. The van der Waals surface area contributed by atoms with E-state index >= 15 is 0 Å². The van der Waals surface area contributed by atoms with Gasteiger partial charge in [-0.05, 0) is 55.0 Å². The van der Waals surface area contributed by atoms with Crippen LogP contribution in [0.1, 0.15) is 18.4 Å². The highest BCUT2D eigenvalue weighted by atomic mass is 35.5. The van der Waals surface area contributed by atoms with Gasteiger partial charge in [-0.3, -0.25) is 0 Å². The lowest BCUT2D eigenvalue weighted by Crippen LogP contribution is -2.45. The van der Waals surface area contributed by atoms with Gasteiger partial charge < -0.3 is 15.0 Å². The van der Waals surface area contributed by atoms with E-state index in [0.717, 1.165) is 38.1 Å². The quantitative estimate of drug-likeness (QED) is 0.764. The summed E-state index contributed by atoms with van der Waals surface area (Å²) in [4.78, 5) is 14.2. The second kappa shape index (κ2) is 9.48. The molecule has 3 rings (SSSR count). The Hall–Kier alpha value is -2.20. The van der Waals surface area contributed by atoms with Gasteiger partial charge in [-0.25, -0.2) is 4.79 Å². The van der Waals surface area contributed by atoms with Crippen molar-refractivity contribution in [3.8, 4) is 5.75 Å². The lowest BCUT2D eigenvalue weighted by atomic mass is 9.90. The van der Waals surface area contributed by atoms with E-state index in [4.69, 9.17) is 16.3 Å². The first-order valence-corrected chi connectivity index (χ1v) is 9.53. The number of carbonyl (C=O) groups is 1. The molecule has 2 aromatic rings. The zero-order valence-corrected chi connectivity index (χ0v) is 15.6. The number of amides is 2. The van der Waals surface area contributed by atoms with Crippen LogP contribution in [0, 0.1) is 5.92 Å². The molecule has 1 aliphatic rings. The van der Waals surface area contributed by atoms with E-state index < -0.39 is 0 Å². The second-order valence-electron chi connectivity index (χ2n) is 6.65. The van der Waals surface area contributed by atoms with Gasteiger partial charge in [-0.15, -0.1) is 0 Å². The first-order chi connectivity index (χ1) is 12.7. The van der Waals surface area contributed by atoms with Crippen LogP contribution >= 0.6 is 11.6 Å². The molecule has 0 radical (unpaired) electrons. The molecule has 138 valence electrons. The predicted molar refractivity (Wildman–Crippen MR) is 105 cm³/mol. The fraction of sp³-hybridized carbons (Fsp3) is 0.381. The molecule has 2 amide bonds. The van der Waals surface area contributed by atoms with Crippen molar-refractivity contribution in [2.24, 2.45) is 5.92 Å². The Bertz CT molecular complexity index is 683. The van der Waals surface area contributed by atoms with E-state index in [1.54, 1.807) is 12.1 Å². The molecule has 1 N–H and O–H groups in total. The minimum Gasteiger partial charge on any atom is -0.492 e. The molecule has 1 heterocycles. The van der Waals surface area contributed by atoms with Gasteiger partial charge in [0.1, 0.15) is 12.4 Å². The van der Waals surface area contributed by atoms with E-state index in [1.807, 2.05) is 23.1 Å². The number of benzene rings is 2. The lowest BCUT2D eigenvalue weighted by Gasteiger charge is -2.32. The molecular formula is C21H25ClN2O2. The minimum atomic E-state index is 0.00265. The highest BCUT2D eigenvalue weighted by Gasteiger charge is 2.22. The maximum absolute atomic E-state index is 12.3. The summed E-state index contributed by atoms with van der Waals surface area (Å²) in [5.74, 6) is 1.42. The Balaban J connectivity index is 1.32. The topological polar surface area (TPSA) is 41.6 Å². The number of urea groups is 1. The maximum atomic E-state index is 12.3. The number of nitrogens with one attached hydrogen (secondary N) is 1. The predicted octanol–water partition coefficient (Wildman–Crippen LogP) is 4.38. The molecule has 1 aliphatic heterocycles. The van der Waals surface area contributed by atoms with E-state index in [9.17, 15) is 4.79 Å². The molecule has 0 unspecified atom stereocenters. The molecule has 0 aliphatic carbocycles. The van der Waals surface area contributed by atoms with Gasteiger partial charge in [0.25, 0.3) is 0 Å². The molecule has 0 aromatic heterocycles. The molecule has 0 atom stereocenters. The van der Waals surface area contributed by atoms with Crippen LogP contribution in [-0.2, 0) is 6.42 Å². The van der Waals surface area contributed by atoms with Gasteiger partial charge in [-0.2, -0.15) is 0 Å². The molecule has 0 spiro atoms. The molecule has 5 heteroatoms. The van der Waals surface area contributed by atoms with Crippen LogP contribution in [0.5, 0.6) is 5.75 Å². The van der Waals surface area contributed by atoms with Crippen LogP contribution in [0.4, 0.5) is 4.79 Å². The van der Waals surface area contributed by atoms with Gasteiger partial charge in [0.2, 0.25) is 0 Å². The number of hydrogen-bond acceptors (Lipinski definition) is 2. The number of halogens is 1. The molecular weight excluding hydrogens is 348 g/mol. The van der Waals surface area contributed by atoms with Crippen molar-refractivity contribution in [2.45, 2.75) is 19.3 Å². The summed E-state index contributed by atoms with van der Waals surface area (Å²) in [6.45, 7) is 2.58. The molecule has 4 nitrogen and oxygen atoms in total. The summed E-state index contributed by atoms with van der Waals surface area (Å²) < 4.78 is 5.59. The first-order valence-electron chi connectivity index (χ1n) is 9.16. The lowest BCUT2D eigenvalue weighted by molar-refractivity contribution is 0.168. The first kappa shape index (κ1) is 18.6. The number of carbonyl (C=O) groups excluding carboxylic acids is 1. The maximum Gasteiger partial charge on any atom is 0.317 e. The normalized spacial score (nSPS) is 14.9. The summed E-state index contributed by atoms with van der Waals surface area (Å²) in [5.41, 5.74) is 1.38. The molecule has 1 fully saturated rings. The summed E-state index contributed by atoms with van der Waals surface area (Å²) >= 11 is 5.84. The Kier molecular flexibility index (Phi) is 6.78. The van der Waals surface area contributed by atoms with E-state index in [2.05, 4.69) is 29.6 Å². The molecule has 2 aromatic carbocycles. The van der Waals surface area contributed by atoms with Gasteiger partial charge in [-0.1, -0.05) is 41.9 Å². The van der Waals surface area contributed by atoms with Crippen LogP contribution in [0.3, 0.4) is 0 Å². The van der Waals surface area contributed by atoms with Crippen molar-refractivity contribution >= 4 is 17.6 Å². The van der Waals surface area contributed by atoms with Crippen molar-refractivity contribution in [3.63, 3.8) is 0 Å². The van der Waals surface area contributed by atoms with Gasteiger partial charge >= 0.3 is 6.03 Å².